The van der Waals surface area contributed by atoms with E-state index < -0.39 is 0 Å². The molecule has 278 valence electrons. The molecule has 4 aromatic heterocycles. The number of rotatable bonds is 8. The summed E-state index contributed by atoms with van der Waals surface area (Å²) in [5.74, 6) is 0. The summed E-state index contributed by atoms with van der Waals surface area (Å²) in [6.45, 7) is 4.35. The predicted octanol–water partition coefficient (Wildman–Crippen LogP) is 14.1. The van der Waals surface area contributed by atoms with Gasteiger partial charge in [-0.25, -0.2) is 9.97 Å². The van der Waals surface area contributed by atoms with Crippen LogP contribution in [0.15, 0.2) is 176 Å². The fourth-order valence-corrected chi connectivity index (χ4v) is 8.77. The molecule has 0 radical (unpaired) electrons. The third-order valence-corrected chi connectivity index (χ3v) is 11.4. The van der Waals surface area contributed by atoms with E-state index in [-0.39, 0.29) is 0 Å². The largest absolute Gasteiger partial charge is 0.309 e. The molecule has 10 rings (SSSR count). The Morgan fingerprint density at radius 1 is 0.638 bits per heavy atom. The highest BCUT2D eigenvalue weighted by molar-refractivity contribution is 6.11. The highest BCUT2D eigenvalue weighted by atomic mass is 15.0. The zero-order valence-corrected chi connectivity index (χ0v) is 32.7. The molecule has 0 saturated heterocycles. The molecule has 0 aliphatic heterocycles. The minimum Gasteiger partial charge on any atom is -0.309 e. The molecule has 0 N–H and O–H groups in total. The van der Waals surface area contributed by atoms with Crippen molar-refractivity contribution < 1.29 is 0 Å². The molecule has 0 saturated carbocycles. The predicted molar refractivity (Wildman–Crippen MR) is 244 cm³/mol. The van der Waals surface area contributed by atoms with Crippen LogP contribution in [0.5, 0.6) is 0 Å². The van der Waals surface area contributed by atoms with E-state index in [0.717, 1.165) is 80.7 Å². The van der Waals surface area contributed by atoms with Gasteiger partial charge in [0.05, 0.1) is 33.8 Å². The van der Waals surface area contributed by atoms with E-state index in [1.54, 1.807) is 0 Å². The molecule has 5 aromatic carbocycles. The van der Waals surface area contributed by atoms with E-state index in [9.17, 15) is 0 Å². The summed E-state index contributed by atoms with van der Waals surface area (Å²) in [6.07, 6.45) is 18.4. The molecule has 4 heterocycles. The van der Waals surface area contributed by atoms with Gasteiger partial charge in [0.2, 0.25) is 0 Å². The van der Waals surface area contributed by atoms with Gasteiger partial charge >= 0.3 is 0 Å². The van der Waals surface area contributed by atoms with Gasteiger partial charge in [0.15, 0.2) is 0 Å². The lowest BCUT2D eigenvalue weighted by Crippen LogP contribution is -2.04. The van der Waals surface area contributed by atoms with Crippen LogP contribution in [-0.2, 0) is 6.42 Å². The first-order chi connectivity index (χ1) is 28.7. The number of hydrogen-bond acceptors (Lipinski definition) is 3. The summed E-state index contributed by atoms with van der Waals surface area (Å²) >= 11 is 0. The van der Waals surface area contributed by atoms with Gasteiger partial charge in [0.1, 0.15) is 0 Å². The van der Waals surface area contributed by atoms with Gasteiger partial charge in [-0.15, -0.1) is 0 Å². The maximum atomic E-state index is 5.28. The molecule has 1 aliphatic carbocycles. The van der Waals surface area contributed by atoms with E-state index >= 15 is 0 Å². The van der Waals surface area contributed by atoms with Crippen LogP contribution in [-0.4, -0.2) is 19.5 Å². The van der Waals surface area contributed by atoms with Crippen LogP contribution in [0.3, 0.4) is 0 Å². The third-order valence-electron chi connectivity index (χ3n) is 11.4. The van der Waals surface area contributed by atoms with Gasteiger partial charge in [-0.1, -0.05) is 116 Å². The zero-order valence-electron chi connectivity index (χ0n) is 32.7. The minimum atomic E-state index is 0.834. The summed E-state index contributed by atoms with van der Waals surface area (Å²) in [7, 11) is 0. The molecular weight excluding hydrogens is 705 g/mol. The van der Waals surface area contributed by atoms with Crippen LogP contribution >= 0.6 is 0 Å². The normalized spacial score (nSPS) is 12.9. The van der Waals surface area contributed by atoms with Crippen molar-refractivity contribution in [2.45, 2.75) is 33.1 Å². The summed E-state index contributed by atoms with van der Waals surface area (Å²) in [5, 5.41) is 4.77. The van der Waals surface area contributed by atoms with Crippen molar-refractivity contribution in [2.75, 3.05) is 0 Å². The SMILES string of the molecule is C/C=C(\C=C/CC)c1c2c(c(-c3ccccc3)c3ccc(-c4cccc(-c5cccc(-c6ccc7c(c6)c6cnccc6n7-c6ccccc6)n5)n4)cc13)CCC=C2. The lowest BCUT2D eigenvalue weighted by atomic mass is 9.79. The molecular formula is C54H42N4. The van der Waals surface area contributed by atoms with Crippen molar-refractivity contribution in [1.29, 1.82) is 0 Å². The number of para-hydroxylation sites is 1. The second-order valence-electron chi connectivity index (χ2n) is 14.9. The highest BCUT2D eigenvalue weighted by Crippen LogP contribution is 2.44. The smallest absolute Gasteiger partial charge is 0.0893 e. The van der Waals surface area contributed by atoms with Crippen LogP contribution < -0.4 is 0 Å². The number of hydrogen-bond donors (Lipinski definition) is 0. The summed E-state index contributed by atoms with van der Waals surface area (Å²) in [5.41, 5.74) is 16.9. The molecule has 1 aliphatic rings. The topological polar surface area (TPSA) is 43.6 Å². The highest BCUT2D eigenvalue weighted by Gasteiger charge is 2.23. The Labute approximate surface area is 339 Å². The Bertz CT molecular complexity index is 3090. The molecule has 9 aromatic rings. The third kappa shape index (κ3) is 6.14. The van der Waals surface area contributed by atoms with Gasteiger partial charge in [0.25, 0.3) is 0 Å². The molecule has 58 heavy (non-hydrogen) atoms. The standard InChI is InChI=1S/C54H42N4/c1-3-5-16-36(4-2)53-41-21-12-13-22-42(41)54(37-17-8-6-9-18-37)43-29-27-38(34-45(43)53)47-23-14-25-49(56-47)50-26-15-24-48(57-50)39-28-30-51-44(33-39)46-35-55-32-31-52(46)58(51)40-19-10-7-11-20-40/h4-12,14-21,23-35H,3,13,22H2,1-2H3/b16-5-,36-4+. The molecule has 4 heteroatoms. The van der Waals surface area contributed by atoms with E-state index in [2.05, 4.69) is 193 Å². The molecule has 0 unspecified atom stereocenters. The Morgan fingerprint density at radius 3 is 2.03 bits per heavy atom. The summed E-state index contributed by atoms with van der Waals surface area (Å²) < 4.78 is 2.31. The lowest BCUT2D eigenvalue weighted by Gasteiger charge is -2.24. The Balaban J connectivity index is 1.08. The second kappa shape index (κ2) is 15.1. The fourth-order valence-electron chi connectivity index (χ4n) is 8.77. The van der Waals surface area contributed by atoms with Crippen LogP contribution in [0.2, 0.25) is 0 Å². The Hall–Kier alpha value is -7.17. The van der Waals surface area contributed by atoms with Crippen molar-refractivity contribution in [1.82, 2.24) is 19.5 Å². The van der Waals surface area contributed by atoms with Crippen molar-refractivity contribution in [2.24, 2.45) is 0 Å². The lowest BCUT2D eigenvalue weighted by molar-refractivity contribution is 0.989. The van der Waals surface area contributed by atoms with Crippen LogP contribution in [0, 0.1) is 0 Å². The van der Waals surface area contributed by atoms with Gasteiger partial charge in [-0.3, -0.25) is 4.98 Å². The maximum absolute atomic E-state index is 5.28. The van der Waals surface area contributed by atoms with Gasteiger partial charge in [-0.05, 0) is 131 Å². The number of allylic oxidation sites excluding steroid dienone is 5. The molecule has 0 amide bonds. The molecule has 0 bridgehead atoms. The van der Waals surface area contributed by atoms with Gasteiger partial charge < -0.3 is 4.57 Å². The van der Waals surface area contributed by atoms with Gasteiger partial charge in [0, 0.05) is 40.0 Å². The number of aromatic nitrogens is 4. The number of nitrogens with zero attached hydrogens (tertiary/aromatic N) is 4. The molecule has 0 fully saturated rings. The molecule has 4 nitrogen and oxygen atoms in total. The Morgan fingerprint density at radius 2 is 1.31 bits per heavy atom. The van der Waals surface area contributed by atoms with Crippen LogP contribution in [0.4, 0.5) is 0 Å². The van der Waals surface area contributed by atoms with Crippen LogP contribution in [0.25, 0.3) is 94.9 Å². The summed E-state index contributed by atoms with van der Waals surface area (Å²) in [4.78, 5) is 15.0. The Kier molecular flexibility index (Phi) is 9.15. The number of pyridine rings is 3. The van der Waals surface area contributed by atoms with E-state index in [4.69, 9.17) is 9.97 Å². The van der Waals surface area contributed by atoms with E-state index in [1.165, 1.54) is 44.2 Å². The minimum absolute atomic E-state index is 0.834. The molecule has 0 atom stereocenters. The zero-order chi connectivity index (χ0) is 39.0. The first kappa shape index (κ1) is 35.3. The van der Waals surface area contributed by atoms with E-state index in [1.807, 2.05) is 12.4 Å². The maximum Gasteiger partial charge on any atom is 0.0893 e. The monoisotopic (exact) mass is 746 g/mol. The van der Waals surface area contributed by atoms with Gasteiger partial charge in [-0.2, -0.15) is 0 Å². The molecule has 0 spiro atoms. The van der Waals surface area contributed by atoms with E-state index in [0.29, 0.717) is 0 Å². The quantitative estimate of drug-likeness (QED) is 0.145. The van der Waals surface area contributed by atoms with Crippen molar-refractivity contribution in [3.8, 4) is 50.7 Å². The first-order valence-electron chi connectivity index (χ1n) is 20.3. The first-order valence-corrected chi connectivity index (χ1v) is 20.3. The van der Waals surface area contributed by atoms with Crippen molar-refractivity contribution in [3.63, 3.8) is 0 Å². The van der Waals surface area contributed by atoms with Crippen LogP contribution in [0.1, 0.15) is 43.4 Å². The van der Waals surface area contributed by atoms with Crippen molar-refractivity contribution in [3.05, 3.63) is 193 Å². The fraction of sp³-hybridized carbons (Fsp3) is 0.0926. The number of fused-ring (bicyclic) bond motifs is 5. The average Bonchev–Trinajstić information content (AvgIpc) is 3.63. The second-order valence-corrected chi connectivity index (χ2v) is 14.9. The average molecular weight is 747 g/mol. The number of benzene rings is 5. The van der Waals surface area contributed by atoms with Crippen molar-refractivity contribution >= 4 is 44.2 Å². The summed E-state index contributed by atoms with van der Waals surface area (Å²) in [6, 6.07) is 49.5.